The molecule has 0 aromatic heterocycles. The third-order valence-corrected chi connectivity index (χ3v) is 4.62. The summed E-state index contributed by atoms with van der Waals surface area (Å²) in [6.07, 6.45) is 0. The van der Waals surface area contributed by atoms with Gasteiger partial charge in [-0.25, -0.2) is 0 Å². The summed E-state index contributed by atoms with van der Waals surface area (Å²) in [5.41, 5.74) is 0.583. The molecule has 1 heterocycles. The van der Waals surface area contributed by atoms with Crippen molar-refractivity contribution in [3.05, 3.63) is 17.7 Å². The molecule has 2 rings (SSSR count). The van der Waals surface area contributed by atoms with Crippen LogP contribution in [0, 0.1) is 0 Å². The predicted molar refractivity (Wildman–Crippen MR) is 85.4 cm³/mol. The molecule has 1 aromatic rings. The van der Waals surface area contributed by atoms with Gasteiger partial charge in [0.15, 0.2) is 11.5 Å². The SMILES string of the molecule is COc1ccc([C@H](C(=O)O)N2CCSCC2)c(OC)c1OC. The number of carbonyl (C=O) groups is 1. The Morgan fingerprint density at radius 3 is 2.27 bits per heavy atom. The number of methoxy groups -OCH3 is 3. The molecule has 1 N–H and O–H groups in total. The summed E-state index contributed by atoms with van der Waals surface area (Å²) in [4.78, 5) is 13.8. The topological polar surface area (TPSA) is 68.2 Å². The van der Waals surface area contributed by atoms with Crippen LogP contribution in [0.15, 0.2) is 12.1 Å². The van der Waals surface area contributed by atoms with Gasteiger partial charge in [0.1, 0.15) is 6.04 Å². The zero-order chi connectivity index (χ0) is 16.1. The molecule has 122 valence electrons. The summed E-state index contributed by atoms with van der Waals surface area (Å²) in [5.74, 6) is 2.31. The number of benzene rings is 1. The molecule has 1 aliphatic heterocycles. The normalized spacial score (nSPS) is 16.9. The van der Waals surface area contributed by atoms with Gasteiger partial charge in [-0.05, 0) is 12.1 Å². The molecular formula is C15H21NO5S. The van der Waals surface area contributed by atoms with Gasteiger partial charge in [0.05, 0.1) is 21.3 Å². The van der Waals surface area contributed by atoms with E-state index in [4.69, 9.17) is 14.2 Å². The van der Waals surface area contributed by atoms with Gasteiger partial charge < -0.3 is 19.3 Å². The van der Waals surface area contributed by atoms with Crippen LogP contribution in [0.2, 0.25) is 0 Å². The van der Waals surface area contributed by atoms with Gasteiger partial charge in [-0.3, -0.25) is 9.69 Å². The molecule has 0 amide bonds. The average Bonchev–Trinajstić information content (AvgIpc) is 2.55. The lowest BCUT2D eigenvalue weighted by Crippen LogP contribution is -2.40. The van der Waals surface area contributed by atoms with Crippen LogP contribution in [0.25, 0.3) is 0 Å². The summed E-state index contributed by atoms with van der Waals surface area (Å²) < 4.78 is 16.0. The number of hydrogen-bond donors (Lipinski definition) is 1. The molecule has 0 spiro atoms. The first-order valence-electron chi connectivity index (χ1n) is 6.97. The summed E-state index contributed by atoms with van der Waals surface area (Å²) in [5, 5.41) is 9.71. The van der Waals surface area contributed by atoms with Crippen LogP contribution in [0.1, 0.15) is 11.6 Å². The van der Waals surface area contributed by atoms with Gasteiger partial charge in [-0.2, -0.15) is 11.8 Å². The molecule has 0 saturated carbocycles. The second-order valence-corrected chi connectivity index (χ2v) is 6.04. The zero-order valence-corrected chi connectivity index (χ0v) is 13.8. The third kappa shape index (κ3) is 3.25. The van der Waals surface area contributed by atoms with Crippen molar-refractivity contribution in [2.45, 2.75) is 6.04 Å². The highest BCUT2D eigenvalue weighted by Gasteiger charge is 2.33. The van der Waals surface area contributed by atoms with E-state index in [1.165, 1.54) is 21.3 Å². The first-order chi connectivity index (χ1) is 10.6. The molecule has 0 bridgehead atoms. The molecular weight excluding hydrogens is 306 g/mol. The zero-order valence-electron chi connectivity index (χ0n) is 13.0. The Bertz CT molecular complexity index is 531. The van der Waals surface area contributed by atoms with Gasteiger partial charge in [0.2, 0.25) is 5.75 Å². The smallest absolute Gasteiger partial charge is 0.325 e. The van der Waals surface area contributed by atoms with Crippen molar-refractivity contribution in [1.29, 1.82) is 0 Å². The van der Waals surface area contributed by atoms with Crippen molar-refractivity contribution < 1.29 is 24.1 Å². The highest BCUT2D eigenvalue weighted by molar-refractivity contribution is 7.99. The van der Waals surface area contributed by atoms with E-state index in [-0.39, 0.29) is 0 Å². The first kappa shape index (κ1) is 16.8. The summed E-state index contributed by atoms with van der Waals surface area (Å²) >= 11 is 1.84. The molecule has 22 heavy (non-hydrogen) atoms. The molecule has 7 heteroatoms. The van der Waals surface area contributed by atoms with Crippen LogP contribution in [0.4, 0.5) is 0 Å². The first-order valence-corrected chi connectivity index (χ1v) is 8.13. The second kappa shape index (κ2) is 7.60. The van der Waals surface area contributed by atoms with E-state index in [1.54, 1.807) is 12.1 Å². The van der Waals surface area contributed by atoms with E-state index in [0.717, 1.165) is 24.6 Å². The van der Waals surface area contributed by atoms with E-state index in [9.17, 15) is 9.90 Å². The van der Waals surface area contributed by atoms with Crippen molar-refractivity contribution in [2.24, 2.45) is 0 Å². The largest absolute Gasteiger partial charge is 0.493 e. The quantitative estimate of drug-likeness (QED) is 0.855. The fourth-order valence-electron chi connectivity index (χ4n) is 2.66. The van der Waals surface area contributed by atoms with Gasteiger partial charge in [-0.1, -0.05) is 0 Å². The average molecular weight is 327 g/mol. The number of aliphatic carboxylic acids is 1. The monoisotopic (exact) mass is 327 g/mol. The minimum atomic E-state index is -0.891. The predicted octanol–water partition coefficient (Wildman–Crippen LogP) is 1.89. The summed E-state index contributed by atoms with van der Waals surface area (Å²) in [6.45, 7) is 1.47. The molecule has 1 aliphatic rings. The third-order valence-electron chi connectivity index (χ3n) is 3.67. The van der Waals surface area contributed by atoms with Crippen LogP contribution >= 0.6 is 11.8 Å². The maximum atomic E-state index is 11.8. The lowest BCUT2D eigenvalue weighted by molar-refractivity contribution is -0.143. The van der Waals surface area contributed by atoms with Gasteiger partial charge in [0.25, 0.3) is 0 Å². The Labute approximate surface area is 134 Å². The second-order valence-electron chi connectivity index (χ2n) is 4.81. The summed E-state index contributed by atoms with van der Waals surface area (Å²) in [6, 6.07) is 2.70. The van der Waals surface area contributed by atoms with E-state index in [0.29, 0.717) is 22.8 Å². The van der Waals surface area contributed by atoms with Gasteiger partial charge >= 0.3 is 5.97 Å². The van der Waals surface area contributed by atoms with E-state index >= 15 is 0 Å². The van der Waals surface area contributed by atoms with Crippen LogP contribution in [0.5, 0.6) is 17.2 Å². The highest BCUT2D eigenvalue weighted by Crippen LogP contribution is 2.43. The van der Waals surface area contributed by atoms with Crippen LogP contribution in [0.3, 0.4) is 0 Å². The number of ether oxygens (including phenoxy) is 3. The Balaban J connectivity index is 2.49. The molecule has 6 nitrogen and oxygen atoms in total. The van der Waals surface area contributed by atoms with Crippen LogP contribution in [-0.2, 0) is 4.79 Å². The lowest BCUT2D eigenvalue weighted by atomic mass is 10.0. The number of hydrogen-bond acceptors (Lipinski definition) is 6. The Hall–Kier alpha value is -1.60. The highest BCUT2D eigenvalue weighted by atomic mass is 32.2. The Morgan fingerprint density at radius 1 is 1.14 bits per heavy atom. The Kier molecular flexibility index (Phi) is 5.79. The van der Waals surface area contributed by atoms with Crippen molar-refractivity contribution in [1.82, 2.24) is 4.90 Å². The van der Waals surface area contributed by atoms with Crippen molar-refractivity contribution >= 4 is 17.7 Å². The van der Waals surface area contributed by atoms with Crippen molar-refractivity contribution in [3.8, 4) is 17.2 Å². The fraction of sp³-hybridized carbons (Fsp3) is 0.533. The molecule has 1 saturated heterocycles. The number of nitrogens with zero attached hydrogens (tertiary/aromatic N) is 1. The van der Waals surface area contributed by atoms with E-state index in [1.807, 2.05) is 16.7 Å². The standard InChI is InChI=1S/C15H21NO5S/c1-19-11-5-4-10(13(20-2)14(11)21-3)12(15(17)18)16-6-8-22-9-7-16/h4-5,12H,6-9H2,1-3H3,(H,17,18)/t12-/m1/s1. The molecule has 1 atom stereocenters. The number of carboxylic acid groups (broad SMARTS) is 1. The molecule has 0 aliphatic carbocycles. The van der Waals surface area contributed by atoms with Crippen molar-refractivity contribution in [3.63, 3.8) is 0 Å². The molecule has 1 fully saturated rings. The minimum absolute atomic E-state index is 0.410. The minimum Gasteiger partial charge on any atom is -0.493 e. The lowest BCUT2D eigenvalue weighted by Gasteiger charge is -2.32. The molecule has 0 radical (unpaired) electrons. The maximum absolute atomic E-state index is 11.8. The maximum Gasteiger partial charge on any atom is 0.325 e. The molecule has 1 aromatic carbocycles. The van der Waals surface area contributed by atoms with Crippen LogP contribution in [-0.4, -0.2) is 61.9 Å². The van der Waals surface area contributed by atoms with Crippen LogP contribution < -0.4 is 14.2 Å². The number of rotatable bonds is 6. The van der Waals surface area contributed by atoms with Gasteiger partial charge in [-0.15, -0.1) is 0 Å². The number of thioether (sulfide) groups is 1. The van der Waals surface area contributed by atoms with E-state index in [2.05, 4.69) is 0 Å². The number of carboxylic acids is 1. The molecule has 0 unspecified atom stereocenters. The van der Waals surface area contributed by atoms with E-state index < -0.39 is 12.0 Å². The fourth-order valence-corrected chi connectivity index (χ4v) is 3.59. The Morgan fingerprint density at radius 2 is 1.77 bits per heavy atom. The van der Waals surface area contributed by atoms with Gasteiger partial charge in [0, 0.05) is 30.2 Å². The van der Waals surface area contributed by atoms with Crippen molar-refractivity contribution in [2.75, 3.05) is 45.9 Å². The summed E-state index contributed by atoms with van der Waals surface area (Å²) in [7, 11) is 4.55.